The van der Waals surface area contributed by atoms with Crippen LogP contribution in [0.2, 0.25) is 0 Å². The minimum absolute atomic E-state index is 0.330. The highest BCUT2D eigenvalue weighted by Gasteiger charge is 2.23. The molecule has 0 aromatic rings. The predicted octanol–water partition coefficient (Wildman–Crippen LogP) is 2.11. The van der Waals surface area contributed by atoms with E-state index in [0.717, 1.165) is 39.0 Å². The number of hydrogen-bond donors (Lipinski definition) is 2. The number of unbranched alkanes of at least 4 members (excludes halogenated alkanes) is 2. The van der Waals surface area contributed by atoms with Gasteiger partial charge in [0, 0.05) is 19.7 Å². The van der Waals surface area contributed by atoms with Crippen LogP contribution in [0.15, 0.2) is 0 Å². The van der Waals surface area contributed by atoms with Crippen molar-refractivity contribution in [2.45, 2.75) is 46.5 Å². The molecule has 0 fully saturated rings. The third-order valence-electron chi connectivity index (χ3n) is 3.50. The third kappa shape index (κ3) is 8.58. The lowest BCUT2D eigenvalue weighted by atomic mass is 9.86. The fourth-order valence-corrected chi connectivity index (χ4v) is 2.12. The second-order valence-corrected chi connectivity index (χ2v) is 5.47. The molecule has 0 bridgehead atoms. The maximum atomic E-state index is 8.73. The lowest BCUT2D eigenvalue weighted by Gasteiger charge is -2.33. The van der Waals surface area contributed by atoms with Crippen molar-refractivity contribution in [3.63, 3.8) is 0 Å². The van der Waals surface area contributed by atoms with Crippen molar-refractivity contribution in [2.24, 2.45) is 5.41 Å². The number of nitrogens with one attached hydrogen (secondary N) is 1. The first-order valence-corrected chi connectivity index (χ1v) is 7.08. The Morgan fingerprint density at radius 2 is 1.88 bits per heavy atom. The molecule has 17 heavy (non-hydrogen) atoms. The van der Waals surface area contributed by atoms with Crippen molar-refractivity contribution in [2.75, 3.05) is 39.8 Å². The Bertz CT molecular complexity index is 176. The summed E-state index contributed by atoms with van der Waals surface area (Å²) in [6, 6.07) is 0. The van der Waals surface area contributed by atoms with Gasteiger partial charge >= 0.3 is 0 Å². The van der Waals surface area contributed by atoms with E-state index in [1.807, 2.05) is 0 Å². The molecule has 3 nitrogen and oxygen atoms in total. The van der Waals surface area contributed by atoms with Crippen molar-refractivity contribution >= 4 is 0 Å². The molecule has 1 unspecified atom stereocenters. The quantitative estimate of drug-likeness (QED) is 0.546. The molecule has 2 N–H and O–H groups in total. The van der Waals surface area contributed by atoms with E-state index in [2.05, 4.69) is 38.0 Å². The molecule has 0 aliphatic heterocycles. The number of aliphatic hydroxyl groups is 1. The van der Waals surface area contributed by atoms with E-state index in [1.54, 1.807) is 0 Å². The van der Waals surface area contributed by atoms with Crippen molar-refractivity contribution in [3.8, 4) is 0 Å². The van der Waals surface area contributed by atoms with Crippen LogP contribution in [0, 0.1) is 5.41 Å². The first kappa shape index (κ1) is 16.9. The van der Waals surface area contributed by atoms with E-state index < -0.39 is 0 Å². The number of rotatable bonds is 11. The largest absolute Gasteiger partial charge is 0.396 e. The Morgan fingerprint density at radius 1 is 1.18 bits per heavy atom. The summed E-state index contributed by atoms with van der Waals surface area (Å²) < 4.78 is 0. The zero-order chi connectivity index (χ0) is 13.1. The summed E-state index contributed by atoms with van der Waals surface area (Å²) in [5.74, 6) is 0. The summed E-state index contributed by atoms with van der Waals surface area (Å²) in [5.41, 5.74) is 0.377. The minimum atomic E-state index is 0.330. The zero-order valence-corrected chi connectivity index (χ0v) is 12.3. The molecule has 0 aromatic carbocycles. The monoisotopic (exact) mass is 244 g/mol. The topological polar surface area (TPSA) is 35.5 Å². The molecule has 0 heterocycles. The summed E-state index contributed by atoms with van der Waals surface area (Å²) in [5, 5.41) is 12.2. The average Bonchev–Trinajstić information content (AvgIpc) is 2.32. The van der Waals surface area contributed by atoms with E-state index >= 15 is 0 Å². The van der Waals surface area contributed by atoms with Gasteiger partial charge in [0.25, 0.3) is 0 Å². The summed E-state index contributed by atoms with van der Waals surface area (Å²) in [4.78, 5) is 2.43. The summed E-state index contributed by atoms with van der Waals surface area (Å²) in [7, 11) is 2.21. The SMILES string of the molecule is CCNCC(C)(CC)CN(C)CCCCCO. The Labute approximate surface area is 108 Å². The van der Waals surface area contributed by atoms with E-state index in [4.69, 9.17) is 5.11 Å². The Kier molecular flexibility index (Phi) is 9.79. The highest BCUT2D eigenvalue weighted by atomic mass is 16.2. The fraction of sp³-hybridized carbons (Fsp3) is 1.00. The molecular formula is C14H32N2O. The van der Waals surface area contributed by atoms with Crippen LogP contribution in [0.4, 0.5) is 0 Å². The van der Waals surface area contributed by atoms with Gasteiger partial charge in [0.2, 0.25) is 0 Å². The summed E-state index contributed by atoms with van der Waals surface area (Å²) in [6.07, 6.45) is 4.48. The molecule has 0 rings (SSSR count). The van der Waals surface area contributed by atoms with Gasteiger partial charge in [0.05, 0.1) is 0 Å². The zero-order valence-electron chi connectivity index (χ0n) is 12.3. The summed E-state index contributed by atoms with van der Waals surface area (Å²) >= 11 is 0. The van der Waals surface area contributed by atoms with Gasteiger partial charge in [-0.1, -0.05) is 20.8 Å². The molecule has 104 valence electrons. The van der Waals surface area contributed by atoms with Gasteiger partial charge in [-0.05, 0) is 51.2 Å². The van der Waals surface area contributed by atoms with Crippen LogP contribution in [0.3, 0.4) is 0 Å². The second-order valence-electron chi connectivity index (χ2n) is 5.47. The van der Waals surface area contributed by atoms with Crippen molar-refractivity contribution in [1.29, 1.82) is 0 Å². The van der Waals surface area contributed by atoms with E-state index in [-0.39, 0.29) is 0 Å². The standard InChI is InChI=1S/C14H32N2O/c1-5-14(3,12-15-6-2)13-16(4)10-8-7-9-11-17/h15,17H,5-13H2,1-4H3. The van der Waals surface area contributed by atoms with Crippen molar-refractivity contribution in [3.05, 3.63) is 0 Å². The minimum Gasteiger partial charge on any atom is -0.396 e. The molecule has 0 amide bonds. The maximum Gasteiger partial charge on any atom is 0.0431 e. The molecule has 0 aliphatic rings. The first-order valence-electron chi connectivity index (χ1n) is 7.08. The Morgan fingerprint density at radius 3 is 2.41 bits per heavy atom. The van der Waals surface area contributed by atoms with Crippen LogP contribution in [-0.4, -0.2) is 49.8 Å². The highest BCUT2D eigenvalue weighted by molar-refractivity contribution is 4.78. The summed E-state index contributed by atoms with van der Waals surface area (Å²) in [6.45, 7) is 11.6. The highest BCUT2D eigenvalue weighted by Crippen LogP contribution is 2.21. The van der Waals surface area contributed by atoms with Gasteiger partial charge in [-0.15, -0.1) is 0 Å². The molecule has 0 aliphatic carbocycles. The maximum absolute atomic E-state index is 8.73. The number of nitrogens with zero attached hydrogens (tertiary/aromatic N) is 1. The number of hydrogen-bond acceptors (Lipinski definition) is 3. The van der Waals surface area contributed by atoms with E-state index in [0.29, 0.717) is 12.0 Å². The molecule has 0 saturated carbocycles. The number of aliphatic hydroxyl groups excluding tert-OH is 1. The second kappa shape index (κ2) is 9.86. The van der Waals surface area contributed by atoms with Crippen LogP contribution >= 0.6 is 0 Å². The van der Waals surface area contributed by atoms with Crippen LogP contribution in [-0.2, 0) is 0 Å². The predicted molar refractivity (Wildman–Crippen MR) is 75.4 cm³/mol. The molecule has 0 spiro atoms. The van der Waals surface area contributed by atoms with Gasteiger partial charge in [0.1, 0.15) is 0 Å². The molecule has 0 aromatic heterocycles. The van der Waals surface area contributed by atoms with Gasteiger partial charge in [0.15, 0.2) is 0 Å². The lowest BCUT2D eigenvalue weighted by Crippen LogP contribution is -2.41. The first-order chi connectivity index (χ1) is 8.08. The molecular weight excluding hydrogens is 212 g/mol. The average molecular weight is 244 g/mol. The van der Waals surface area contributed by atoms with Crippen LogP contribution in [0.25, 0.3) is 0 Å². The normalized spacial score (nSPS) is 15.2. The lowest BCUT2D eigenvalue weighted by molar-refractivity contribution is 0.177. The Hall–Kier alpha value is -0.120. The van der Waals surface area contributed by atoms with E-state index in [1.165, 1.54) is 12.8 Å². The van der Waals surface area contributed by atoms with Crippen molar-refractivity contribution < 1.29 is 5.11 Å². The van der Waals surface area contributed by atoms with Gasteiger partial charge in [-0.25, -0.2) is 0 Å². The Balaban J connectivity index is 3.83. The smallest absolute Gasteiger partial charge is 0.0431 e. The third-order valence-corrected chi connectivity index (χ3v) is 3.50. The molecule has 3 heteroatoms. The van der Waals surface area contributed by atoms with Gasteiger partial charge < -0.3 is 15.3 Å². The van der Waals surface area contributed by atoms with Crippen molar-refractivity contribution in [1.82, 2.24) is 10.2 Å². The molecule has 1 atom stereocenters. The van der Waals surface area contributed by atoms with Gasteiger partial charge in [-0.3, -0.25) is 0 Å². The fourth-order valence-electron chi connectivity index (χ4n) is 2.12. The molecule has 0 saturated heterocycles. The van der Waals surface area contributed by atoms with Gasteiger partial charge in [-0.2, -0.15) is 0 Å². The molecule has 0 radical (unpaired) electrons. The van der Waals surface area contributed by atoms with Crippen LogP contribution in [0.5, 0.6) is 0 Å². The van der Waals surface area contributed by atoms with Crippen LogP contribution < -0.4 is 5.32 Å². The van der Waals surface area contributed by atoms with E-state index in [9.17, 15) is 0 Å². The van der Waals surface area contributed by atoms with Crippen LogP contribution in [0.1, 0.15) is 46.5 Å².